The van der Waals surface area contributed by atoms with Crippen LogP contribution in [0.15, 0.2) is 45.8 Å². The van der Waals surface area contributed by atoms with Gasteiger partial charge in [0.25, 0.3) is 5.56 Å². The van der Waals surface area contributed by atoms with Crippen LogP contribution in [0.1, 0.15) is 43.5 Å². The van der Waals surface area contributed by atoms with Gasteiger partial charge in [0.1, 0.15) is 11.3 Å². The number of pyridine rings is 2. The van der Waals surface area contributed by atoms with Gasteiger partial charge >= 0.3 is 5.97 Å². The lowest BCUT2D eigenvalue weighted by Gasteiger charge is -2.25. The summed E-state index contributed by atoms with van der Waals surface area (Å²) in [5.74, 6) is -0.270. The Hall–Kier alpha value is -4.08. The van der Waals surface area contributed by atoms with E-state index in [1.165, 1.54) is 0 Å². The molecule has 176 valence electrons. The standard InChI is InChI=1S/C24H26N6O4/c1-13(2)21(17-7-5-6-11-25-17)30-23-18(27-22(24(30)33)26-12-10-19(31)32)9-8-16(28-23)20-14(3)29-34-15(20)4/h5-9,11,13,21H,10,12H2,1-4H3,(H,26,27)(H,31,32)/t21-/m0/s1. The number of anilines is 1. The number of fused-ring (bicyclic) bond motifs is 1. The van der Waals surface area contributed by atoms with Crippen molar-refractivity contribution < 1.29 is 14.4 Å². The fourth-order valence-electron chi connectivity index (χ4n) is 4.06. The Morgan fingerprint density at radius 2 is 1.97 bits per heavy atom. The van der Waals surface area contributed by atoms with E-state index >= 15 is 0 Å². The van der Waals surface area contributed by atoms with Gasteiger partial charge in [0.2, 0.25) is 0 Å². The lowest BCUT2D eigenvalue weighted by atomic mass is 9.99. The summed E-state index contributed by atoms with van der Waals surface area (Å²) in [7, 11) is 0. The third-order valence-electron chi connectivity index (χ3n) is 5.56. The molecule has 0 aliphatic heterocycles. The van der Waals surface area contributed by atoms with Crippen molar-refractivity contribution >= 4 is 23.0 Å². The number of nitrogens with zero attached hydrogens (tertiary/aromatic N) is 5. The lowest BCUT2D eigenvalue weighted by molar-refractivity contribution is -0.136. The Balaban J connectivity index is 1.98. The third kappa shape index (κ3) is 4.39. The van der Waals surface area contributed by atoms with Crippen molar-refractivity contribution in [2.45, 2.75) is 40.2 Å². The van der Waals surface area contributed by atoms with E-state index in [1.807, 2.05) is 52.0 Å². The van der Waals surface area contributed by atoms with E-state index in [-0.39, 0.29) is 24.7 Å². The van der Waals surface area contributed by atoms with Crippen LogP contribution in [0.2, 0.25) is 0 Å². The number of carbonyl (C=O) groups is 1. The highest BCUT2D eigenvalue weighted by Crippen LogP contribution is 2.30. The van der Waals surface area contributed by atoms with Crippen LogP contribution in [-0.2, 0) is 4.79 Å². The molecule has 0 bridgehead atoms. The number of hydrogen-bond donors (Lipinski definition) is 2. The molecule has 0 aromatic carbocycles. The second kappa shape index (κ2) is 9.42. The van der Waals surface area contributed by atoms with Gasteiger partial charge in [0.15, 0.2) is 11.5 Å². The molecule has 34 heavy (non-hydrogen) atoms. The quantitative estimate of drug-likeness (QED) is 0.402. The molecule has 1 atom stereocenters. The molecule has 0 aliphatic carbocycles. The molecular weight excluding hydrogens is 436 g/mol. The average Bonchev–Trinajstić information content (AvgIpc) is 3.14. The van der Waals surface area contributed by atoms with Gasteiger partial charge in [0.05, 0.1) is 35.1 Å². The minimum Gasteiger partial charge on any atom is -0.481 e. The molecule has 0 fully saturated rings. The maximum Gasteiger partial charge on any atom is 0.305 e. The van der Waals surface area contributed by atoms with E-state index in [9.17, 15) is 9.59 Å². The predicted octanol–water partition coefficient (Wildman–Crippen LogP) is 3.59. The molecule has 10 nitrogen and oxygen atoms in total. The van der Waals surface area contributed by atoms with Gasteiger partial charge in [-0.25, -0.2) is 9.97 Å². The summed E-state index contributed by atoms with van der Waals surface area (Å²) in [6.07, 6.45) is 1.55. The van der Waals surface area contributed by atoms with Gasteiger partial charge in [0, 0.05) is 12.7 Å². The van der Waals surface area contributed by atoms with Crippen molar-refractivity contribution in [3.8, 4) is 11.3 Å². The summed E-state index contributed by atoms with van der Waals surface area (Å²) in [4.78, 5) is 38.5. The van der Waals surface area contributed by atoms with Crippen molar-refractivity contribution in [1.82, 2.24) is 24.7 Å². The van der Waals surface area contributed by atoms with E-state index in [4.69, 9.17) is 14.6 Å². The summed E-state index contributed by atoms with van der Waals surface area (Å²) in [5, 5.41) is 15.9. The first-order valence-corrected chi connectivity index (χ1v) is 11.0. The van der Waals surface area contributed by atoms with E-state index < -0.39 is 17.6 Å². The molecule has 0 saturated heterocycles. The first kappa shape index (κ1) is 23.1. The number of aromatic nitrogens is 5. The van der Waals surface area contributed by atoms with Crippen LogP contribution < -0.4 is 10.9 Å². The maximum atomic E-state index is 13.7. The summed E-state index contributed by atoms with van der Waals surface area (Å²) in [6, 6.07) is 8.74. The minimum atomic E-state index is -0.965. The van der Waals surface area contributed by atoms with Gasteiger partial charge in [-0.15, -0.1) is 0 Å². The second-order valence-corrected chi connectivity index (χ2v) is 8.39. The molecule has 0 spiro atoms. The van der Waals surface area contributed by atoms with E-state index in [0.29, 0.717) is 34.0 Å². The summed E-state index contributed by atoms with van der Waals surface area (Å²) >= 11 is 0. The smallest absolute Gasteiger partial charge is 0.305 e. The largest absolute Gasteiger partial charge is 0.481 e. The normalized spacial score (nSPS) is 12.3. The number of rotatable bonds is 8. The van der Waals surface area contributed by atoms with Gasteiger partial charge in [-0.1, -0.05) is 25.1 Å². The van der Waals surface area contributed by atoms with Crippen LogP contribution in [0, 0.1) is 19.8 Å². The molecule has 0 aliphatic rings. The molecule has 0 unspecified atom stereocenters. The van der Waals surface area contributed by atoms with Gasteiger partial charge in [-0.3, -0.25) is 19.1 Å². The predicted molar refractivity (Wildman–Crippen MR) is 127 cm³/mol. The molecule has 4 aromatic heterocycles. The molecule has 0 saturated carbocycles. The Morgan fingerprint density at radius 1 is 1.18 bits per heavy atom. The highest BCUT2D eigenvalue weighted by molar-refractivity contribution is 5.78. The van der Waals surface area contributed by atoms with E-state index in [2.05, 4.69) is 20.4 Å². The maximum absolute atomic E-state index is 13.7. The zero-order valence-corrected chi connectivity index (χ0v) is 19.4. The topological polar surface area (TPSA) is 136 Å². The Morgan fingerprint density at radius 3 is 2.59 bits per heavy atom. The van der Waals surface area contributed by atoms with Crippen LogP contribution in [0.3, 0.4) is 0 Å². The zero-order valence-electron chi connectivity index (χ0n) is 19.4. The number of carboxylic acids is 1. The van der Waals surface area contributed by atoms with Gasteiger partial charge in [-0.2, -0.15) is 0 Å². The highest BCUT2D eigenvalue weighted by atomic mass is 16.5. The first-order valence-electron chi connectivity index (χ1n) is 11.0. The van der Waals surface area contributed by atoms with E-state index in [0.717, 1.165) is 5.56 Å². The highest BCUT2D eigenvalue weighted by Gasteiger charge is 2.26. The number of aliphatic carboxylic acids is 1. The summed E-state index contributed by atoms with van der Waals surface area (Å²) in [6.45, 7) is 7.74. The molecule has 4 rings (SSSR count). The van der Waals surface area contributed by atoms with Crippen molar-refractivity contribution in [2.24, 2.45) is 5.92 Å². The average molecular weight is 463 g/mol. The molecule has 0 amide bonds. The van der Waals surface area contributed by atoms with E-state index in [1.54, 1.807) is 16.8 Å². The van der Waals surface area contributed by atoms with Crippen LogP contribution in [0.25, 0.3) is 22.4 Å². The lowest BCUT2D eigenvalue weighted by Crippen LogP contribution is -2.33. The molecule has 2 N–H and O–H groups in total. The number of hydrogen-bond acceptors (Lipinski definition) is 8. The van der Waals surface area contributed by atoms with Crippen molar-refractivity contribution in [1.29, 1.82) is 0 Å². The molecule has 4 heterocycles. The number of carboxylic acid groups (broad SMARTS) is 1. The fraction of sp³-hybridized carbons (Fsp3) is 0.333. The summed E-state index contributed by atoms with van der Waals surface area (Å²) in [5.41, 5.74) is 3.30. The van der Waals surface area contributed by atoms with Gasteiger partial charge < -0.3 is 14.9 Å². The molecule has 10 heteroatoms. The van der Waals surface area contributed by atoms with Crippen molar-refractivity contribution in [2.75, 3.05) is 11.9 Å². The van der Waals surface area contributed by atoms with Crippen LogP contribution >= 0.6 is 0 Å². The third-order valence-corrected chi connectivity index (χ3v) is 5.56. The Kier molecular flexibility index (Phi) is 6.40. The monoisotopic (exact) mass is 462 g/mol. The Labute approximate surface area is 195 Å². The number of nitrogens with one attached hydrogen (secondary N) is 1. The van der Waals surface area contributed by atoms with Crippen molar-refractivity contribution in [3.63, 3.8) is 0 Å². The fourth-order valence-corrected chi connectivity index (χ4v) is 4.06. The van der Waals surface area contributed by atoms with Crippen LogP contribution in [0.4, 0.5) is 5.82 Å². The summed E-state index contributed by atoms with van der Waals surface area (Å²) < 4.78 is 6.91. The SMILES string of the molecule is Cc1noc(C)c1-c1ccc2nc(NCCC(=O)O)c(=O)n([C@H](c3ccccn3)C(C)C)c2n1. The first-order chi connectivity index (χ1) is 16.3. The second-order valence-electron chi connectivity index (χ2n) is 8.39. The number of aryl methyl sites for hydroxylation is 2. The molecular formula is C24H26N6O4. The minimum absolute atomic E-state index is 0.00501. The molecule has 0 radical (unpaired) electrons. The van der Waals surface area contributed by atoms with Crippen LogP contribution in [0.5, 0.6) is 0 Å². The van der Waals surface area contributed by atoms with Crippen LogP contribution in [-0.4, -0.2) is 42.3 Å². The molecule has 4 aromatic rings. The zero-order chi connectivity index (χ0) is 24.4. The van der Waals surface area contributed by atoms with Gasteiger partial charge in [-0.05, 0) is 44.0 Å². The van der Waals surface area contributed by atoms with Crippen molar-refractivity contribution in [3.05, 3.63) is 64.0 Å². The Bertz CT molecular complexity index is 1370.